The van der Waals surface area contributed by atoms with E-state index in [4.69, 9.17) is 10.5 Å². The Morgan fingerprint density at radius 3 is 2.62 bits per heavy atom. The molecule has 1 fully saturated rings. The van der Waals surface area contributed by atoms with Crippen molar-refractivity contribution >= 4 is 11.7 Å². The van der Waals surface area contributed by atoms with Gasteiger partial charge in [0.15, 0.2) is 0 Å². The van der Waals surface area contributed by atoms with Crippen LogP contribution in [0.5, 0.6) is 0 Å². The molecule has 1 aromatic rings. The first-order chi connectivity index (χ1) is 9.68. The number of nitrogens with two attached hydrogens (primary N) is 1. The molecule has 0 saturated heterocycles. The molecular weight excluding hydrogens is 266 g/mol. The van der Waals surface area contributed by atoms with Crippen molar-refractivity contribution < 1.29 is 14.6 Å². The molecule has 1 saturated carbocycles. The first kappa shape index (κ1) is 15.8. The fourth-order valence-corrected chi connectivity index (χ4v) is 3.99. The van der Waals surface area contributed by atoms with Crippen molar-refractivity contribution in [1.82, 2.24) is 0 Å². The minimum Gasteiger partial charge on any atom is -0.465 e. The second-order valence-electron chi connectivity index (χ2n) is 7.14. The molecule has 0 radical (unpaired) electrons. The van der Waals surface area contributed by atoms with Crippen molar-refractivity contribution in [2.75, 3.05) is 12.8 Å². The third-order valence-corrected chi connectivity index (χ3v) is 4.37. The number of ether oxygens (including phenoxy) is 1. The van der Waals surface area contributed by atoms with E-state index in [2.05, 4.69) is 20.8 Å². The highest BCUT2D eigenvalue weighted by molar-refractivity contribution is 5.95. The number of carbonyl (C=O) groups excluding carboxylic acids is 1. The summed E-state index contributed by atoms with van der Waals surface area (Å²) in [4.78, 5) is 11.8. The number of hydrogen-bond donors (Lipinski definition) is 2. The second kappa shape index (κ2) is 5.34. The number of nitrogen functional groups attached to an aromatic ring is 1. The number of anilines is 1. The number of para-hydroxylation sites is 1. The van der Waals surface area contributed by atoms with Gasteiger partial charge in [0.25, 0.3) is 0 Å². The Labute approximate surface area is 126 Å². The van der Waals surface area contributed by atoms with Gasteiger partial charge in [-0.3, -0.25) is 0 Å². The minimum atomic E-state index is -0.991. The molecule has 4 heteroatoms. The van der Waals surface area contributed by atoms with Gasteiger partial charge in [-0.1, -0.05) is 32.9 Å². The van der Waals surface area contributed by atoms with Crippen LogP contribution in [0.3, 0.4) is 0 Å². The largest absolute Gasteiger partial charge is 0.465 e. The number of rotatable bonds is 2. The predicted molar refractivity (Wildman–Crippen MR) is 82.9 cm³/mol. The molecule has 21 heavy (non-hydrogen) atoms. The van der Waals surface area contributed by atoms with Gasteiger partial charge in [0, 0.05) is 5.56 Å². The Kier molecular flexibility index (Phi) is 4.02. The van der Waals surface area contributed by atoms with Crippen LogP contribution in [0.2, 0.25) is 0 Å². The minimum absolute atomic E-state index is 0.0418. The van der Waals surface area contributed by atoms with Crippen LogP contribution in [-0.2, 0) is 10.3 Å². The summed E-state index contributed by atoms with van der Waals surface area (Å²) in [5.74, 6) is -0.0685. The van der Waals surface area contributed by atoms with Crippen LogP contribution < -0.4 is 5.73 Å². The van der Waals surface area contributed by atoms with Crippen LogP contribution in [0.1, 0.15) is 56.0 Å². The molecule has 1 aromatic carbocycles. The SMILES string of the molecule is COC(=O)c1cccc(C2(O)CC(C)CC(C)(C)C2)c1N. The molecule has 2 atom stereocenters. The summed E-state index contributed by atoms with van der Waals surface area (Å²) in [6.07, 6.45) is 2.37. The number of benzene rings is 1. The standard InChI is InChI=1S/C17H25NO3/c1-11-8-16(2,3)10-17(20,9-11)13-7-5-6-12(14(13)18)15(19)21-4/h5-7,11,20H,8-10,18H2,1-4H3. The van der Waals surface area contributed by atoms with Crippen LogP contribution in [-0.4, -0.2) is 18.2 Å². The van der Waals surface area contributed by atoms with Crippen LogP contribution in [0.4, 0.5) is 5.69 Å². The first-order valence-corrected chi connectivity index (χ1v) is 7.38. The molecule has 1 aliphatic rings. The van der Waals surface area contributed by atoms with Gasteiger partial charge in [-0.05, 0) is 36.7 Å². The maximum atomic E-state index is 11.8. The highest BCUT2D eigenvalue weighted by atomic mass is 16.5. The molecule has 2 rings (SSSR count). The molecular formula is C17H25NO3. The van der Waals surface area contributed by atoms with Gasteiger partial charge < -0.3 is 15.6 Å². The maximum Gasteiger partial charge on any atom is 0.339 e. The lowest BCUT2D eigenvalue weighted by molar-refractivity contribution is -0.0629. The summed E-state index contributed by atoms with van der Waals surface area (Å²) >= 11 is 0. The normalized spacial score (nSPS) is 28.1. The Hall–Kier alpha value is -1.55. The van der Waals surface area contributed by atoms with E-state index in [9.17, 15) is 9.90 Å². The number of carbonyl (C=O) groups is 1. The average Bonchev–Trinajstić information content (AvgIpc) is 2.34. The van der Waals surface area contributed by atoms with Crippen molar-refractivity contribution in [3.63, 3.8) is 0 Å². The summed E-state index contributed by atoms with van der Waals surface area (Å²) in [7, 11) is 1.33. The molecule has 0 bridgehead atoms. The fraction of sp³-hybridized carbons (Fsp3) is 0.588. The third kappa shape index (κ3) is 3.05. The number of esters is 1. The fourth-order valence-electron chi connectivity index (χ4n) is 3.99. The average molecular weight is 291 g/mol. The predicted octanol–water partition coefficient (Wildman–Crippen LogP) is 3.09. The van der Waals surface area contributed by atoms with E-state index >= 15 is 0 Å². The van der Waals surface area contributed by atoms with Gasteiger partial charge in [-0.15, -0.1) is 0 Å². The van der Waals surface area contributed by atoms with Gasteiger partial charge in [-0.25, -0.2) is 4.79 Å². The molecule has 0 aromatic heterocycles. The smallest absolute Gasteiger partial charge is 0.339 e. The Balaban J connectivity index is 2.48. The molecule has 0 heterocycles. The second-order valence-corrected chi connectivity index (χ2v) is 7.14. The van der Waals surface area contributed by atoms with Crippen LogP contribution in [0, 0.1) is 11.3 Å². The molecule has 0 amide bonds. The highest BCUT2D eigenvalue weighted by Crippen LogP contribution is 2.50. The van der Waals surface area contributed by atoms with Gasteiger partial charge in [0.2, 0.25) is 0 Å². The molecule has 0 spiro atoms. The van der Waals surface area contributed by atoms with Crippen LogP contribution in [0.15, 0.2) is 18.2 Å². The Bertz CT molecular complexity index is 553. The lowest BCUT2D eigenvalue weighted by atomic mass is 9.63. The van der Waals surface area contributed by atoms with E-state index in [1.54, 1.807) is 12.1 Å². The van der Waals surface area contributed by atoms with E-state index in [1.165, 1.54) is 7.11 Å². The van der Waals surface area contributed by atoms with Gasteiger partial charge in [0.05, 0.1) is 24.0 Å². The third-order valence-electron chi connectivity index (χ3n) is 4.37. The number of methoxy groups -OCH3 is 1. The monoisotopic (exact) mass is 291 g/mol. The van der Waals surface area contributed by atoms with Gasteiger partial charge >= 0.3 is 5.97 Å². The van der Waals surface area contributed by atoms with Crippen molar-refractivity contribution in [3.8, 4) is 0 Å². The summed E-state index contributed by atoms with van der Waals surface area (Å²) in [5.41, 5.74) is 6.49. The highest BCUT2D eigenvalue weighted by Gasteiger charge is 2.43. The van der Waals surface area contributed by atoms with Gasteiger partial charge in [-0.2, -0.15) is 0 Å². The lowest BCUT2D eigenvalue weighted by Crippen LogP contribution is -2.40. The zero-order valence-corrected chi connectivity index (χ0v) is 13.3. The zero-order chi connectivity index (χ0) is 15.8. The van der Waals surface area contributed by atoms with Crippen molar-refractivity contribution in [3.05, 3.63) is 29.3 Å². The van der Waals surface area contributed by atoms with Crippen LogP contribution >= 0.6 is 0 Å². The van der Waals surface area contributed by atoms with E-state index in [0.717, 1.165) is 6.42 Å². The molecule has 2 unspecified atom stereocenters. The van der Waals surface area contributed by atoms with E-state index < -0.39 is 11.6 Å². The van der Waals surface area contributed by atoms with E-state index in [0.29, 0.717) is 35.6 Å². The quantitative estimate of drug-likeness (QED) is 0.649. The summed E-state index contributed by atoms with van der Waals surface area (Å²) < 4.78 is 4.75. The summed E-state index contributed by atoms with van der Waals surface area (Å²) in [5, 5.41) is 11.2. The summed E-state index contributed by atoms with van der Waals surface area (Å²) in [6.45, 7) is 6.47. The van der Waals surface area contributed by atoms with E-state index in [-0.39, 0.29) is 5.41 Å². The van der Waals surface area contributed by atoms with Gasteiger partial charge in [0.1, 0.15) is 0 Å². The van der Waals surface area contributed by atoms with Crippen molar-refractivity contribution in [2.24, 2.45) is 11.3 Å². The topological polar surface area (TPSA) is 72.5 Å². The number of hydrogen-bond acceptors (Lipinski definition) is 4. The first-order valence-electron chi connectivity index (χ1n) is 7.38. The zero-order valence-electron chi connectivity index (χ0n) is 13.3. The van der Waals surface area contributed by atoms with Crippen molar-refractivity contribution in [1.29, 1.82) is 0 Å². The van der Waals surface area contributed by atoms with Crippen molar-refractivity contribution in [2.45, 2.75) is 45.6 Å². The Morgan fingerprint density at radius 2 is 2.05 bits per heavy atom. The summed E-state index contributed by atoms with van der Waals surface area (Å²) in [6, 6.07) is 5.20. The Morgan fingerprint density at radius 1 is 1.38 bits per heavy atom. The lowest BCUT2D eigenvalue weighted by Gasteiger charge is -2.45. The molecule has 116 valence electrons. The van der Waals surface area contributed by atoms with Crippen LogP contribution in [0.25, 0.3) is 0 Å². The molecule has 0 aliphatic heterocycles. The number of aliphatic hydroxyl groups is 1. The molecule has 4 nitrogen and oxygen atoms in total. The molecule has 3 N–H and O–H groups in total. The molecule has 1 aliphatic carbocycles. The maximum absolute atomic E-state index is 11.8. The van der Waals surface area contributed by atoms with E-state index in [1.807, 2.05) is 6.07 Å².